The molecule has 0 saturated carbocycles. The van der Waals surface area contributed by atoms with Crippen LogP contribution in [0.25, 0.3) is 11.1 Å². The quantitative estimate of drug-likeness (QED) is 0.0541. The second kappa shape index (κ2) is 28.7. The summed E-state index contributed by atoms with van der Waals surface area (Å²) in [6, 6.07) is 17.9. The zero-order valence-electron chi connectivity index (χ0n) is 28.6. The highest BCUT2D eigenvalue weighted by molar-refractivity contribution is 5.65. The topological polar surface area (TPSA) is 72.2 Å². The van der Waals surface area contributed by atoms with Crippen molar-refractivity contribution in [1.29, 1.82) is 0 Å². The van der Waals surface area contributed by atoms with Crippen LogP contribution in [0.3, 0.4) is 0 Å². The Labute approximate surface area is 271 Å². The first-order valence-corrected chi connectivity index (χ1v) is 18.3. The van der Waals surface area contributed by atoms with Gasteiger partial charge in [-0.15, -0.1) is 0 Å². The minimum atomic E-state index is 0.910. The molecule has 250 valence electrons. The van der Waals surface area contributed by atoms with E-state index >= 15 is 0 Å². The largest absolute Gasteiger partial charge is 0.317 e. The lowest BCUT2D eigenvalue weighted by atomic mass is 9.99. The minimum absolute atomic E-state index is 0.910. The lowest BCUT2D eigenvalue weighted by molar-refractivity contribution is 0.550. The van der Waals surface area contributed by atoms with Gasteiger partial charge in [0.05, 0.1) is 0 Å². The lowest BCUT2D eigenvalue weighted by Crippen LogP contribution is -2.25. The van der Waals surface area contributed by atoms with Crippen LogP contribution < -0.4 is 31.9 Å². The molecule has 0 aliphatic heterocycles. The van der Waals surface area contributed by atoms with Gasteiger partial charge in [-0.1, -0.05) is 88.8 Å². The van der Waals surface area contributed by atoms with Gasteiger partial charge < -0.3 is 31.9 Å². The molecule has 0 aliphatic carbocycles. The van der Waals surface area contributed by atoms with E-state index in [9.17, 15) is 0 Å². The number of nitrogens with one attached hydrogen (secondary N) is 6. The number of hydrogen-bond donors (Lipinski definition) is 6. The first-order valence-electron chi connectivity index (χ1n) is 18.3. The normalized spacial score (nSPS) is 11.4. The van der Waals surface area contributed by atoms with Crippen molar-refractivity contribution in [1.82, 2.24) is 31.9 Å². The molecule has 0 aromatic heterocycles. The fourth-order valence-electron chi connectivity index (χ4n) is 5.44. The first kappa shape index (κ1) is 38.4. The van der Waals surface area contributed by atoms with Crippen LogP contribution in [0, 0.1) is 0 Å². The minimum Gasteiger partial charge on any atom is -0.317 e. The summed E-state index contributed by atoms with van der Waals surface area (Å²) in [6.45, 7) is 17.4. The van der Waals surface area contributed by atoms with E-state index in [1.165, 1.54) is 99.6 Å². The molecule has 0 aliphatic rings. The van der Waals surface area contributed by atoms with Crippen molar-refractivity contribution in [2.45, 2.75) is 104 Å². The molecule has 2 rings (SSSR count). The van der Waals surface area contributed by atoms with Crippen LogP contribution >= 0.6 is 0 Å². The van der Waals surface area contributed by atoms with Crippen molar-refractivity contribution in [3.05, 3.63) is 59.7 Å². The van der Waals surface area contributed by atoms with Crippen LogP contribution in [0.15, 0.2) is 48.5 Å². The van der Waals surface area contributed by atoms with Crippen molar-refractivity contribution in [3.63, 3.8) is 0 Å². The van der Waals surface area contributed by atoms with E-state index in [1.54, 1.807) is 0 Å². The van der Waals surface area contributed by atoms with Crippen molar-refractivity contribution < 1.29 is 0 Å². The van der Waals surface area contributed by atoms with E-state index in [2.05, 4.69) is 94.3 Å². The van der Waals surface area contributed by atoms with Gasteiger partial charge in [-0.3, -0.25) is 0 Å². The van der Waals surface area contributed by atoms with E-state index in [0.29, 0.717) is 0 Å². The molecule has 0 unspecified atom stereocenters. The summed E-state index contributed by atoms with van der Waals surface area (Å²) in [5, 5.41) is 21.7. The second-order valence-corrected chi connectivity index (χ2v) is 12.3. The number of hydrogen-bond acceptors (Lipinski definition) is 6. The number of rotatable bonds is 31. The van der Waals surface area contributed by atoms with Crippen molar-refractivity contribution in [2.24, 2.45) is 0 Å². The molecular weight excluding hydrogens is 540 g/mol. The van der Waals surface area contributed by atoms with Gasteiger partial charge in [-0.2, -0.15) is 0 Å². The van der Waals surface area contributed by atoms with Crippen LogP contribution in [0.5, 0.6) is 0 Å². The maximum Gasteiger partial charge on any atom is 0.0205 e. The van der Waals surface area contributed by atoms with Crippen LogP contribution in [0.2, 0.25) is 0 Å². The third-order valence-corrected chi connectivity index (χ3v) is 8.06. The molecule has 0 fully saturated rings. The van der Waals surface area contributed by atoms with Gasteiger partial charge in [0.25, 0.3) is 0 Å². The van der Waals surface area contributed by atoms with Crippen molar-refractivity contribution in [3.8, 4) is 11.1 Å². The maximum absolute atomic E-state index is 3.68. The zero-order valence-corrected chi connectivity index (χ0v) is 28.6. The molecule has 0 atom stereocenters. The lowest BCUT2D eigenvalue weighted by Gasteiger charge is -2.13. The van der Waals surface area contributed by atoms with Crippen molar-refractivity contribution in [2.75, 3.05) is 65.4 Å². The van der Waals surface area contributed by atoms with E-state index in [4.69, 9.17) is 0 Å². The fourth-order valence-corrected chi connectivity index (χ4v) is 5.44. The average Bonchev–Trinajstić information content (AvgIpc) is 3.05. The molecule has 0 heterocycles. The third-order valence-electron chi connectivity index (χ3n) is 8.06. The highest BCUT2D eigenvalue weighted by Crippen LogP contribution is 2.22. The van der Waals surface area contributed by atoms with Gasteiger partial charge in [-0.05, 0) is 138 Å². The summed E-state index contributed by atoms with van der Waals surface area (Å²) in [6.07, 6.45) is 15.4. The molecule has 2 aromatic carbocycles. The van der Waals surface area contributed by atoms with Crippen LogP contribution in [-0.2, 0) is 13.1 Å². The maximum atomic E-state index is 3.68. The molecule has 0 bridgehead atoms. The first-order chi connectivity index (χ1) is 21.8. The Balaban J connectivity index is 1.58. The number of unbranched alkanes of at least 4 members (excludes halogenated alkanes) is 6. The Bertz CT molecular complexity index is 840. The van der Waals surface area contributed by atoms with Gasteiger partial charge >= 0.3 is 0 Å². The molecule has 44 heavy (non-hydrogen) atoms. The smallest absolute Gasteiger partial charge is 0.0205 e. The fraction of sp³-hybridized carbons (Fsp3) is 0.684. The van der Waals surface area contributed by atoms with Crippen molar-refractivity contribution >= 4 is 0 Å². The summed E-state index contributed by atoms with van der Waals surface area (Å²) in [5.41, 5.74) is 5.32. The van der Waals surface area contributed by atoms with Gasteiger partial charge in [0, 0.05) is 13.1 Å². The van der Waals surface area contributed by atoms with E-state index in [1.807, 2.05) is 0 Å². The predicted molar refractivity (Wildman–Crippen MR) is 194 cm³/mol. The van der Waals surface area contributed by atoms with Crippen LogP contribution in [0.1, 0.15) is 102 Å². The Morgan fingerprint density at radius 1 is 0.364 bits per heavy atom. The number of benzene rings is 2. The summed E-state index contributed by atoms with van der Waals surface area (Å²) >= 11 is 0. The van der Waals surface area contributed by atoms with E-state index < -0.39 is 0 Å². The van der Waals surface area contributed by atoms with E-state index in [0.717, 1.165) is 78.3 Å². The molecule has 0 saturated heterocycles. The summed E-state index contributed by atoms with van der Waals surface area (Å²) in [5.74, 6) is 0. The van der Waals surface area contributed by atoms with Crippen LogP contribution in [0.4, 0.5) is 0 Å². The molecule has 0 radical (unpaired) electrons. The SMILES string of the molecule is CCCCCCNCCCNCCCNCc1cc(CNCCCNCCCNCCCCCC)cc(-c2ccccc2)c1. The molecule has 2 aromatic rings. The van der Waals surface area contributed by atoms with Crippen LogP contribution in [-0.4, -0.2) is 65.4 Å². The third kappa shape index (κ3) is 21.0. The summed E-state index contributed by atoms with van der Waals surface area (Å²) < 4.78 is 0. The Hall–Kier alpha value is -1.80. The molecule has 6 nitrogen and oxygen atoms in total. The highest BCUT2D eigenvalue weighted by atomic mass is 14.9. The molecule has 6 heteroatoms. The molecule has 0 spiro atoms. The van der Waals surface area contributed by atoms with Gasteiger partial charge in [0.2, 0.25) is 0 Å². The van der Waals surface area contributed by atoms with Gasteiger partial charge in [-0.25, -0.2) is 0 Å². The summed E-state index contributed by atoms with van der Waals surface area (Å²) in [7, 11) is 0. The molecule has 6 N–H and O–H groups in total. The van der Waals surface area contributed by atoms with E-state index in [-0.39, 0.29) is 0 Å². The standard InChI is InChI=1S/C38H68N6/c1-3-5-7-12-20-39-22-14-24-41-26-16-28-43-33-35-30-36(32-38(31-35)37-18-10-9-11-19-37)34-44-29-17-27-42-25-15-23-40-21-13-8-6-4-2/h9-11,18-19,30-32,39-44H,3-8,12-17,20-29,33-34H2,1-2H3. The zero-order chi connectivity index (χ0) is 31.2. The average molecular weight is 609 g/mol. The Kier molecular flexibility index (Phi) is 25.0. The summed E-state index contributed by atoms with van der Waals surface area (Å²) in [4.78, 5) is 0. The highest BCUT2D eigenvalue weighted by Gasteiger charge is 2.04. The monoisotopic (exact) mass is 609 g/mol. The van der Waals surface area contributed by atoms with Gasteiger partial charge in [0.15, 0.2) is 0 Å². The Morgan fingerprint density at radius 3 is 1.16 bits per heavy atom. The van der Waals surface area contributed by atoms with Gasteiger partial charge in [0.1, 0.15) is 0 Å². The second-order valence-electron chi connectivity index (χ2n) is 12.3. The Morgan fingerprint density at radius 2 is 0.750 bits per heavy atom. The predicted octanol–water partition coefficient (Wildman–Crippen LogP) is 6.61. The molecular formula is C38H68N6. The molecule has 0 amide bonds.